The van der Waals surface area contributed by atoms with Gasteiger partial charge < -0.3 is 11.5 Å². The molecule has 4 nitrogen and oxygen atoms in total. The first-order chi connectivity index (χ1) is 9.20. The zero-order valence-electron chi connectivity index (χ0n) is 9.96. The maximum absolute atomic E-state index is 13.2. The Morgan fingerprint density at radius 3 is 2.55 bits per heavy atom. The molecule has 0 fully saturated rings. The van der Waals surface area contributed by atoms with Crippen LogP contribution in [0.1, 0.15) is 11.3 Å². The summed E-state index contributed by atoms with van der Waals surface area (Å²) < 4.78 is 39.5. The average molecular weight is 304 g/mol. The molecule has 0 aliphatic carbocycles. The molecule has 0 radical (unpaired) electrons. The zero-order chi connectivity index (χ0) is 15.1. The van der Waals surface area contributed by atoms with Gasteiger partial charge in [-0.25, -0.2) is 0 Å². The number of hydrogen-bond acceptors (Lipinski definition) is 3. The number of anilines is 1. The lowest BCUT2D eigenvalue weighted by molar-refractivity contribution is -0.135. The van der Waals surface area contributed by atoms with Crippen LogP contribution in [-0.2, 0) is 17.4 Å². The van der Waals surface area contributed by atoms with Crippen molar-refractivity contribution in [2.75, 3.05) is 5.73 Å². The van der Waals surface area contributed by atoms with E-state index in [1.807, 2.05) is 0 Å². The van der Waals surface area contributed by atoms with Crippen LogP contribution in [0.5, 0.6) is 0 Å². The van der Waals surface area contributed by atoms with Crippen molar-refractivity contribution >= 4 is 34.1 Å². The molecule has 8 heteroatoms. The molecule has 0 spiro atoms. The van der Waals surface area contributed by atoms with E-state index in [-0.39, 0.29) is 21.6 Å². The van der Waals surface area contributed by atoms with Gasteiger partial charge in [0.15, 0.2) is 0 Å². The normalized spacial score (nSPS) is 11.8. The Balaban J connectivity index is 2.85. The minimum absolute atomic E-state index is 0.0483. The number of amides is 1. The molecule has 0 unspecified atom stereocenters. The number of primary amides is 1. The number of fused-ring (bicyclic) bond motifs is 1. The highest BCUT2D eigenvalue weighted by Gasteiger charge is 2.36. The van der Waals surface area contributed by atoms with Gasteiger partial charge in [-0.2, -0.15) is 13.2 Å². The van der Waals surface area contributed by atoms with E-state index in [0.717, 1.165) is 6.07 Å². The van der Waals surface area contributed by atoms with Crippen LogP contribution in [0.4, 0.5) is 18.9 Å². The summed E-state index contributed by atoms with van der Waals surface area (Å²) in [6.45, 7) is 0. The van der Waals surface area contributed by atoms with Crippen LogP contribution in [0.3, 0.4) is 0 Å². The number of alkyl halides is 3. The number of hydrogen-bond donors (Lipinski definition) is 2. The smallest absolute Gasteiger partial charge is 0.397 e. The van der Waals surface area contributed by atoms with Gasteiger partial charge >= 0.3 is 6.18 Å². The van der Waals surface area contributed by atoms with E-state index in [1.165, 1.54) is 12.1 Å². The molecule has 106 valence electrons. The summed E-state index contributed by atoms with van der Waals surface area (Å²) >= 11 is 5.71. The molecular weight excluding hydrogens is 295 g/mol. The van der Waals surface area contributed by atoms with Crippen LogP contribution in [0, 0.1) is 0 Å². The molecule has 1 aromatic carbocycles. The van der Waals surface area contributed by atoms with Gasteiger partial charge in [-0.3, -0.25) is 9.78 Å². The summed E-state index contributed by atoms with van der Waals surface area (Å²) in [5.41, 5.74) is 8.68. The summed E-state index contributed by atoms with van der Waals surface area (Å²) in [6, 6.07) is 3.87. The van der Waals surface area contributed by atoms with Gasteiger partial charge in [0.2, 0.25) is 5.91 Å². The number of pyridine rings is 1. The van der Waals surface area contributed by atoms with E-state index in [0.29, 0.717) is 0 Å². The lowest BCUT2D eigenvalue weighted by atomic mass is 10.0. The van der Waals surface area contributed by atoms with Gasteiger partial charge in [0.1, 0.15) is 0 Å². The van der Waals surface area contributed by atoms with Crippen molar-refractivity contribution in [1.82, 2.24) is 4.98 Å². The van der Waals surface area contributed by atoms with E-state index in [1.54, 1.807) is 0 Å². The van der Waals surface area contributed by atoms with Crippen molar-refractivity contribution in [3.05, 3.63) is 34.5 Å². The molecule has 1 heterocycles. The molecule has 2 aromatic rings. The quantitative estimate of drug-likeness (QED) is 0.894. The van der Waals surface area contributed by atoms with E-state index in [2.05, 4.69) is 4.98 Å². The number of nitrogen functional groups attached to an aromatic ring is 1. The molecule has 20 heavy (non-hydrogen) atoms. The third-order valence-corrected chi connectivity index (χ3v) is 2.92. The first-order valence-electron chi connectivity index (χ1n) is 5.43. The van der Waals surface area contributed by atoms with Crippen LogP contribution in [0.2, 0.25) is 5.02 Å². The molecular formula is C12H9ClF3N3O. The van der Waals surface area contributed by atoms with Crippen molar-refractivity contribution in [2.24, 2.45) is 5.73 Å². The minimum Gasteiger partial charge on any atom is -0.397 e. The average Bonchev–Trinajstić information content (AvgIpc) is 2.28. The van der Waals surface area contributed by atoms with Crippen LogP contribution in [0.25, 0.3) is 10.9 Å². The second-order valence-corrected chi connectivity index (χ2v) is 4.59. The number of nitrogens with zero attached hydrogens (tertiary/aromatic N) is 1. The molecule has 0 aliphatic heterocycles. The van der Waals surface area contributed by atoms with Crippen LogP contribution in [-0.4, -0.2) is 10.9 Å². The van der Waals surface area contributed by atoms with Gasteiger partial charge in [0.05, 0.1) is 28.9 Å². The Hall–Kier alpha value is -2.02. The van der Waals surface area contributed by atoms with Gasteiger partial charge in [-0.1, -0.05) is 11.6 Å². The fraction of sp³-hybridized carbons (Fsp3) is 0.167. The van der Waals surface area contributed by atoms with Crippen molar-refractivity contribution in [3.8, 4) is 0 Å². The Morgan fingerprint density at radius 1 is 1.35 bits per heavy atom. The highest BCUT2D eigenvalue weighted by Crippen LogP contribution is 2.40. The van der Waals surface area contributed by atoms with Crippen molar-refractivity contribution in [3.63, 3.8) is 0 Å². The summed E-state index contributed by atoms with van der Waals surface area (Å²) in [5, 5.41) is -0.0810. The van der Waals surface area contributed by atoms with Gasteiger partial charge in [-0.15, -0.1) is 0 Å². The molecule has 0 saturated heterocycles. The second-order valence-electron chi connectivity index (χ2n) is 4.15. The molecule has 1 aromatic heterocycles. The number of carbonyl (C=O) groups excluding carboxylic acids is 1. The lowest BCUT2D eigenvalue weighted by Gasteiger charge is -2.16. The fourth-order valence-corrected chi connectivity index (χ4v) is 2.08. The zero-order valence-corrected chi connectivity index (χ0v) is 10.7. The van der Waals surface area contributed by atoms with E-state index >= 15 is 0 Å². The standard InChI is InChI=1S/C12H9ClF3N3O/c13-5-1-2-7-6(3-5)10(12(14,15)16)11(18)8(19-7)4-9(17)20/h1-3H,4,18H2,(H2,17,20). The number of carbonyl (C=O) groups is 1. The second kappa shape index (κ2) is 4.82. The molecule has 1 amide bonds. The highest BCUT2D eigenvalue weighted by atomic mass is 35.5. The molecule has 0 saturated carbocycles. The van der Waals surface area contributed by atoms with Crippen molar-refractivity contribution in [2.45, 2.75) is 12.6 Å². The Morgan fingerprint density at radius 2 is 2.00 bits per heavy atom. The van der Waals surface area contributed by atoms with Crippen LogP contribution in [0.15, 0.2) is 18.2 Å². The fourth-order valence-electron chi connectivity index (χ4n) is 1.91. The summed E-state index contributed by atoms with van der Waals surface area (Å²) in [5.74, 6) is -0.814. The number of halogens is 4. The maximum Gasteiger partial charge on any atom is 0.419 e. The number of aromatic nitrogens is 1. The third kappa shape index (κ3) is 2.62. The minimum atomic E-state index is -4.69. The first kappa shape index (κ1) is 14.4. The summed E-state index contributed by atoms with van der Waals surface area (Å²) in [7, 11) is 0. The molecule has 0 bridgehead atoms. The predicted octanol–water partition coefficient (Wildman–Crippen LogP) is 2.52. The van der Waals surface area contributed by atoms with Crippen molar-refractivity contribution < 1.29 is 18.0 Å². The number of nitrogens with two attached hydrogens (primary N) is 2. The Bertz CT molecular complexity index is 700. The Kier molecular flexibility index (Phi) is 3.47. The maximum atomic E-state index is 13.2. The SMILES string of the molecule is NC(=O)Cc1nc2ccc(Cl)cc2c(C(F)(F)F)c1N. The van der Waals surface area contributed by atoms with Gasteiger partial charge in [-0.05, 0) is 18.2 Å². The van der Waals surface area contributed by atoms with Crippen molar-refractivity contribution in [1.29, 1.82) is 0 Å². The molecule has 4 N–H and O–H groups in total. The number of benzene rings is 1. The van der Waals surface area contributed by atoms with E-state index < -0.39 is 29.8 Å². The summed E-state index contributed by atoms with van der Waals surface area (Å²) in [6.07, 6.45) is -5.16. The van der Waals surface area contributed by atoms with Gasteiger partial charge in [0, 0.05) is 10.4 Å². The molecule has 0 aliphatic rings. The highest BCUT2D eigenvalue weighted by molar-refractivity contribution is 6.31. The number of rotatable bonds is 2. The van der Waals surface area contributed by atoms with E-state index in [4.69, 9.17) is 23.1 Å². The summed E-state index contributed by atoms with van der Waals surface area (Å²) in [4.78, 5) is 14.8. The van der Waals surface area contributed by atoms with Gasteiger partial charge in [0.25, 0.3) is 0 Å². The first-order valence-corrected chi connectivity index (χ1v) is 5.81. The van der Waals surface area contributed by atoms with E-state index in [9.17, 15) is 18.0 Å². The van der Waals surface area contributed by atoms with Crippen LogP contribution < -0.4 is 11.5 Å². The molecule has 0 atom stereocenters. The topological polar surface area (TPSA) is 82.0 Å². The van der Waals surface area contributed by atoms with Crippen LogP contribution >= 0.6 is 11.6 Å². The lowest BCUT2D eigenvalue weighted by Crippen LogP contribution is -2.19. The third-order valence-electron chi connectivity index (χ3n) is 2.69. The molecule has 2 rings (SSSR count). The monoisotopic (exact) mass is 303 g/mol. The predicted molar refractivity (Wildman–Crippen MR) is 69.1 cm³/mol. The Labute approximate surface area is 116 Å². The largest absolute Gasteiger partial charge is 0.419 e.